The van der Waals surface area contributed by atoms with Gasteiger partial charge in [-0.2, -0.15) is 0 Å². The number of carboxylic acids is 1. The van der Waals surface area contributed by atoms with Crippen molar-refractivity contribution < 1.29 is 32.5 Å². The van der Waals surface area contributed by atoms with Gasteiger partial charge >= 0.3 is 12.3 Å². The molecule has 0 unspecified atom stereocenters. The van der Waals surface area contributed by atoms with Crippen molar-refractivity contribution in [2.24, 2.45) is 5.92 Å². The molecule has 25 heavy (non-hydrogen) atoms. The van der Waals surface area contributed by atoms with Crippen molar-refractivity contribution in [3.05, 3.63) is 36.2 Å². The van der Waals surface area contributed by atoms with E-state index in [0.717, 1.165) is 31.2 Å². The number of alkyl halides is 3. The maximum Gasteiger partial charge on any atom is 0.573 e. The molecule has 6 nitrogen and oxygen atoms in total. The first-order valence-electron chi connectivity index (χ1n) is 7.41. The third kappa shape index (κ3) is 4.59. The number of aromatic carboxylic acids is 1. The van der Waals surface area contributed by atoms with Gasteiger partial charge in [0, 0.05) is 5.56 Å². The molecule has 0 bridgehead atoms. The van der Waals surface area contributed by atoms with Crippen LogP contribution >= 0.6 is 0 Å². The molecule has 1 heterocycles. The van der Waals surface area contributed by atoms with E-state index in [1.165, 1.54) is 12.1 Å². The van der Waals surface area contributed by atoms with Gasteiger partial charge in [-0.15, -0.1) is 13.2 Å². The molecule has 1 aromatic heterocycles. The molecule has 132 valence electrons. The van der Waals surface area contributed by atoms with E-state index in [0.29, 0.717) is 18.1 Å². The lowest BCUT2D eigenvalue weighted by molar-refractivity contribution is -0.274. The molecule has 9 heteroatoms. The predicted octanol–water partition coefficient (Wildman–Crippen LogP) is 3.53. The van der Waals surface area contributed by atoms with Crippen LogP contribution in [0, 0.1) is 5.92 Å². The van der Waals surface area contributed by atoms with Crippen LogP contribution in [0.2, 0.25) is 0 Å². The zero-order valence-electron chi connectivity index (χ0n) is 12.8. The summed E-state index contributed by atoms with van der Waals surface area (Å²) in [5, 5.41) is 9.06. The Hall–Kier alpha value is -2.84. The SMILES string of the molecule is O=C(O)c1cnc(OCC2CC2)c(-c2ccc(OC(F)(F)F)cc2)n1. The van der Waals surface area contributed by atoms with Crippen LogP contribution in [0.25, 0.3) is 11.3 Å². The lowest BCUT2D eigenvalue weighted by Gasteiger charge is -2.12. The van der Waals surface area contributed by atoms with Gasteiger partial charge in [0.2, 0.25) is 5.88 Å². The van der Waals surface area contributed by atoms with E-state index in [4.69, 9.17) is 9.84 Å². The fourth-order valence-electron chi connectivity index (χ4n) is 2.07. The third-order valence-electron chi connectivity index (χ3n) is 3.47. The van der Waals surface area contributed by atoms with E-state index in [9.17, 15) is 18.0 Å². The second-order valence-electron chi connectivity index (χ2n) is 5.54. The Kier molecular flexibility index (Phi) is 4.47. The van der Waals surface area contributed by atoms with Crippen molar-refractivity contribution in [2.75, 3.05) is 6.61 Å². The highest BCUT2D eigenvalue weighted by atomic mass is 19.4. The summed E-state index contributed by atoms with van der Waals surface area (Å²) < 4.78 is 46.1. The summed E-state index contributed by atoms with van der Waals surface area (Å²) in [6.45, 7) is 0.434. The number of hydrogen-bond donors (Lipinski definition) is 1. The molecular weight excluding hydrogens is 341 g/mol. The van der Waals surface area contributed by atoms with Gasteiger partial charge in [0.1, 0.15) is 11.4 Å². The molecule has 0 radical (unpaired) electrons. The van der Waals surface area contributed by atoms with E-state index in [2.05, 4.69) is 14.7 Å². The van der Waals surface area contributed by atoms with Gasteiger partial charge in [-0.25, -0.2) is 14.8 Å². The molecule has 1 fully saturated rings. The fourth-order valence-corrected chi connectivity index (χ4v) is 2.07. The molecule has 2 aromatic rings. The van der Waals surface area contributed by atoms with E-state index in [1.54, 1.807) is 0 Å². The number of rotatable bonds is 6. The highest BCUT2D eigenvalue weighted by molar-refractivity contribution is 5.86. The van der Waals surface area contributed by atoms with Gasteiger partial charge in [0.15, 0.2) is 5.69 Å². The standard InChI is InChI=1S/C16H13F3N2O4/c17-16(18,19)25-11-5-3-10(4-6-11)13-14(24-8-9-1-2-9)20-7-12(21-13)15(22)23/h3-7,9H,1-2,8H2,(H,22,23). The third-order valence-corrected chi connectivity index (χ3v) is 3.47. The van der Waals surface area contributed by atoms with Gasteiger partial charge in [-0.05, 0) is 43.0 Å². The Labute approximate surface area is 140 Å². The largest absolute Gasteiger partial charge is 0.573 e. The number of nitrogens with zero attached hydrogens (tertiary/aromatic N) is 2. The summed E-state index contributed by atoms with van der Waals surface area (Å²) in [4.78, 5) is 19.1. The molecular formula is C16H13F3N2O4. The van der Waals surface area contributed by atoms with Crippen LogP contribution < -0.4 is 9.47 Å². The van der Waals surface area contributed by atoms with Crippen LogP contribution in [0.1, 0.15) is 23.3 Å². The Balaban J connectivity index is 1.89. The highest BCUT2D eigenvalue weighted by Gasteiger charge is 2.31. The highest BCUT2D eigenvalue weighted by Crippen LogP contribution is 2.33. The van der Waals surface area contributed by atoms with Crippen LogP contribution in [0.5, 0.6) is 11.6 Å². The Bertz CT molecular complexity index is 774. The minimum Gasteiger partial charge on any atom is -0.476 e. The number of hydrogen-bond acceptors (Lipinski definition) is 5. The average Bonchev–Trinajstić information content (AvgIpc) is 3.36. The summed E-state index contributed by atoms with van der Waals surface area (Å²) in [7, 11) is 0. The normalized spacial score (nSPS) is 14.2. The molecule has 0 spiro atoms. The van der Waals surface area contributed by atoms with E-state index in [-0.39, 0.29) is 23.0 Å². The quantitative estimate of drug-likeness (QED) is 0.855. The first kappa shape index (κ1) is 17.0. The molecule has 1 saturated carbocycles. The van der Waals surface area contributed by atoms with Crippen LogP contribution in [0.4, 0.5) is 13.2 Å². The Morgan fingerprint density at radius 1 is 1.24 bits per heavy atom. The number of halogens is 3. The molecule has 1 N–H and O–H groups in total. The zero-order chi connectivity index (χ0) is 18.0. The fraction of sp³-hybridized carbons (Fsp3) is 0.312. The van der Waals surface area contributed by atoms with Gasteiger partial charge in [-0.3, -0.25) is 0 Å². The molecule has 0 aliphatic heterocycles. The minimum absolute atomic E-state index is 0.140. The summed E-state index contributed by atoms with van der Waals surface area (Å²) in [6, 6.07) is 4.90. The maximum absolute atomic E-state index is 12.2. The lowest BCUT2D eigenvalue weighted by atomic mass is 10.1. The van der Waals surface area contributed by atoms with Crippen molar-refractivity contribution in [1.29, 1.82) is 0 Å². The summed E-state index contributed by atoms with van der Waals surface area (Å²) in [5.41, 5.74) is 0.236. The smallest absolute Gasteiger partial charge is 0.476 e. The minimum atomic E-state index is -4.79. The van der Waals surface area contributed by atoms with Gasteiger partial charge < -0.3 is 14.6 Å². The van der Waals surface area contributed by atoms with Crippen molar-refractivity contribution in [1.82, 2.24) is 9.97 Å². The monoisotopic (exact) mass is 354 g/mol. The second-order valence-corrected chi connectivity index (χ2v) is 5.54. The maximum atomic E-state index is 12.2. The van der Waals surface area contributed by atoms with Crippen LogP contribution in [0.15, 0.2) is 30.5 Å². The second kappa shape index (κ2) is 6.58. The Morgan fingerprint density at radius 3 is 2.48 bits per heavy atom. The molecule has 0 amide bonds. The summed E-state index contributed by atoms with van der Waals surface area (Å²) in [6.07, 6.45) is -1.60. The van der Waals surface area contributed by atoms with Crippen LogP contribution in [0.3, 0.4) is 0 Å². The molecule has 1 aromatic carbocycles. The molecule has 1 aliphatic rings. The number of aromatic nitrogens is 2. The number of ether oxygens (including phenoxy) is 2. The van der Waals surface area contributed by atoms with E-state index in [1.807, 2.05) is 0 Å². The molecule has 3 rings (SSSR count). The number of benzene rings is 1. The number of carboxylic acid groups (broad SMARTS) is 1. The van der Waals surface area contributed by atoms with Gasteiger partial charge in [0.25, 0.3) is 0 Å². The van der Waals surface area contributed by atoms with Gasteiger partial charge in [0.05, 0.1) is 12.8 Å². The number of carbonyl (C=O) groups is 1. The average molecular weight is 354 g/mol. The van der Waals surface area contributed by atoms with Crippen molar-refractivity contribution in [3.63, 3.8) is 0 Å². The van der Waals surface area contributed by atoms with Crippen molar-refractivity contribution >= 4 is 5.97 Å². The zero-order valence-corrected chi connectivity index (χ0v) is 12.8. The summed E-state index contributed by atoms with van der Waals surface area (Å²) >= 11 is 0. The first-order valence-corrected chi connectivity index (χ1v) is 7.41. The molecule has 1 aliphatic carbocycles. The van der Waals surface area contributed by atoms with E-state index < -0.39 is 12.3 Å². The van der Waals surface area contributed by atoms with Crippen molar-refractivity contribution in [2.45, 2.75) is 19.2 Å². The Morgan fingerprint density at radius 2 is 1.92 bits per heavy atom. The van der Waals surface area contributed by atoms with Crippen LogP contribution in [-0.2, 0) is 0 Å². The van der Waals surface area contributed by atoms with E-state index >= 15 is 0 Å². The van der Waals surface area contributed by atoms with Crippen LogP contribution in [-0.4, -0.2) is 34.0 Å². The molecule has 0 atom stereocenters. The molecule has 0 saturated heterocycles. The van der Waals surface area contributed by atoms with Gasteiger partial charge in [-0.1, -0.05) is 0 Å². The predicted molar refractivity (Wildman–Crippen MR) is 79.3 cm³/mol. The first-order chi connectivity index (χ1) is 11.8. The summed E-state index contributed by atoms with van der Waals surface area (Å²) in [5.74, 6) is -1.07. The topological polar surface area (TPSA) is 81.5 Å². The van der Waals surface area contributed by atoms with Crippen molar-refractivity contribution in [3.8, 4) is 22.9 Å². The lowest BCUT2D eigenvalue weighted by Crippen LogP contribution is -2.17.